The average Bonchev–Trinajstić information content (AvgIpc) is 3.16. The molecule has 3 saturated carbocycles. The summed E-state index contributed by atoms with van der Waals surface area (Å²) in [5, 5.41) is 3.19. The van der Waals surface area contributed by atoms with Crippen LogP contribution in [0.15, 0.2) is 35.3 Å². The third kappa shape index (κ3) is 10.1. The molecule has 0 saturated heterocycles. The van der Waals surface area contributed by atoms with Gasteiger partial charge in [-0.15, -0.1) is 0 Å². The lowest BCUT2D eigenvalue weighted by atomic mass is 9.89. The lowest BCUT2D eigenvalue weighted by Gasteiger charge is -2.42. The molecule has 0 atom stereocenters. The van der Waals surface area contributed by atoms with Crippen LogP contribution >= 0.6 is 0 Å². The standard InChI is InChI=1S/C43H61N5O5/c1-30-25-31(2)41(32(3)26-30)53-40(50)29-47-28-33-27-37(52-24-14-21-39(49)46(4)34-15-8-5-9-16-34)22-23-38(33)44-42(47)45-43(51)48(35-17-10-6-11-18-35)36-19-12-7-13-20-36/h22-23,25-27,34-36H,5-21,24,28-29H2,1-4H3,(H,44,45,51). The molecule has 288 valence electrons. The zero-order valence-electron chi connectivity index (χ0n) is 32.6. The maximum atomic E-state index is 14.3. The maximum absolute atomic E-state index is 14.3. The van der Waals surface area contributed by atoms with Crippen molar-refractivity contribution in [1.82, 2.24) is 20.0 Å². The number of nitrogens with one attached hydrogen (secondary N) is 1. The molecule has 0 bridgehead atoms. The van der Waals surface area contributed by atoms with Crippen molar-refractivity contribution in [3.63, 3.8) is 0 Å². The van der Waals surface area contributed by atoms with E-state index in [1.807, 2.05) is 68.0 Å². The molecule has 10 heteroatoms. The second-order valence-electron chi connectivity index (χ2n) is 16.0. The molecule has 0 spiro atoms. The highest BCUT2D eigenvalue weighted by atomic mass is 16.5. The third-order valence-corrected chi connectivity index (χ3v) is 11.8. The van der Waals surface area contributed by atoms with Gasteiger partial charge in [-0.25, -0.2) is 14.6 Å². The largest absolute Gasteiger partial charge is 0.494 e. The van der Waals surface area contributed by atoms with E-state index in [9.17, 15) is 14.4 Å². The number of esters is 1. The summed E-state index contributed by atoms with van der Waals surface area (Å²) in [6.45, 7) is 6.62. The Balaban J connectivity index is 1.16. The first kappa shape index (κ1) is 38.6. The quantitative estimate of drug-likeness (QED) is 0.141. The van der Waals surface area contributed by atoms with E-state index in [-0.39, 0.29) is 30.6 Å². The number of hydrogen-bond acceptors (Lipinski definition) is 7. The van der Waals surface area contributed by atoms with E-state index in [2.05, 4.69) is 10.2 Å². The summed E-state index contributed by atoms with van der Waals surface area (Å²) in [5.41, 5.74) is 4.54. The van der Waals surface area contributed by atoms with Crippen molar-refractivity contribution in [2.24, 2.45) is 4.99 Å². The number of aliphatic imine (C=N–C) groups is 1. The highest BCUT2D eigenvalue weighted by molar-refractivity contribution is 5.99. The zero-order chi connectivity index (χ0) is 37.3. The number of carbonyl (C=O) groups excluding carboxylic acids is 3. The number of ether oxygens (including phenoxy) is 2. The number of urea groups is 1. The summed E-state index contributed by atoms with van der Waals surface area (Å²) in [6.07, 6.45) is 18.1. The maximum Gasteiger partial charge on any atom is 0.331 e. The van der Waals surface area contributed by atoms with Crippen molar-refractivity contribution in [3.05, 3.63) is 52.6 Å². The average molecular weight is 728 g/mol. The summed E-state index contributed by atoms with van der Waals surface area (Å²) in [7, 11) is 1.94. The van der Waals surface area contributed by atoms with Gasteiger partial charge in [0.05, 0.1) is 12.3 Å². The number of guanidine groups is 1. The SMILES string of the molecule is Cc1cc(C)c(OC(=O)CN2Cc3cc(OCCCC(=O)N(C)C4CCCCC4)ccc3N=C2NC(=O)N(C2CCCCC2)C2CCCCC2)c(C)c1. The number of aryl methyl sites for hydroxylation is 3. The summed E-state index contributed by atoms with van der Waals surface area (Å²) in [4.78, 5) is 51.5. The van der Waals surface area contributed by atoms with Crippen LogP contribution in [0.25, 0.3) is 0 Å². The number of hydrogen-bond donors (Lipinski definition) is 1. The first-order valence-electron chi connectivity index (χ1n) is 20.4. The van der Waals surface area contributed by atoms with Gasteiger partial charge in [-0.2, -0.15) is 0 Å². The van der Waals surface area contributed by atoms with Gasteiger partial charge in [-0.05, 0) is 95.0 Å². The molecule has 3 fully saturated rings. The molecule has 0 aromatic heterocycles. The minimum atomic E-state index is -0.419. The molecule has 4 aliphatic rings. The van der Waals surface area contributed by atoms with Gasteiger partial charge < -0.3 is 24.2 Å². The second kappa shape index (κ2) is 18.3. The van der Waals surface area contributed by atoms with Gasteiger partial charge in [0.1, 0.15) is 18.0 Å². The van der Waals surface area contributed by atoms with Crippen LogP contribution in [0.4, 0.5) is 10.5 Å². The molecule has 1 aliphatic heterocycles. The lowest BCUT2D eigenvalue weighted by molar-refractivity contribution is -0.135. The number of benzene rings is 2. The molecule has 2 aromatic carbocycles. The Hall–Kier alpha value is -4.08. The van der Waals surface area contributed by atoms with Gasteiger partial charge in [0.15, 0.2) is 0 Å². The van der Waals surface area contributed by atoms with E-state index in [1.165, 1.54) is 32.1 Å². The minimum Gasteiger partial charge on any atom is -0.494 e. The Kier molecular flexibility index (Phi) is 13.3. The molecule has 1 N–H and O–H groups in total. The van der Waals surface area contributed by atoms with Gasteiger partial charge in [0.2, 0.25) is 11.9 Å². The van der Waals surface area contributed by atoms with Crippen molar-refractivity contribution in [3.8, 4) is 11.5 Å². The Morgan fingerprint density at radius 1 is 0.811 bits per heavy atom. The summed E-state index contributed by atoms with van der Waals surface area (Å²) in [6, 6.07) is 10.5. The van der Waals surface area contributed by atoms with Crippen LogP contribution in [0.5, 0.6) is 11.5 Å². The van der Waals surface area contributed by atoms with Gasteiger partial charge >= 0.3 is 12.0 Å². The molecule has 6 rings (SSSR count). The van der Waals surface area contributed by atoms with E-state index < -0.39 is 5.97 Å². The smallest absolute Gasteiger partial charge is 0.331 e. The van der Waals surface area contributed by atoms with Crippen LogP contribution in [0, 0.1) is 20.8 Å². The van der Waals surface area contributed by atoms with Crippen molar-refractivity contribution >= 4 is 29.6 Å². The van der Waals surface area contributed by atoms with E-state index >= 15 is 0 Å². The number of carbonyl (C=O) groups is 3. The first-order valence-corrected chi connectivity index (χ1v) is 20.4. The van der Waals surface area contributed by atoms with Gasteiger partial charge in [-0.3, -0.25) is 10.1 Å². The van der Waals surface area contributed by atoms with Crippen molar-refractivity contribution < 1.29 is 23.9 Å². The van der Waals surface area contributed by atoms with Crippen LogP contribution in [-0.2, 0) is 16.1 Å². The lowest BCUT2D eigenvalue weighted by Crippen LogP contribution is -2.57. The Labute approximate surface area is 316 Å². The minimum absolute atomic E-state index is 0.0835. The van der Waals surface area contributed by atoms with Crippen molar-refractivity contribution in [2.45, 2.75) is 155 Å². The predicted molar refractivity (Wildman–Crippen MR) is 209 cm³/mol. The van der Waals surface area contributed by atoms with Crippen LogP contribution in [0.1, 0.15) is 131 Å². The topological polar surface area (TPSA) is 104 Å². The summed E-state index contributed by atoms with van der Waals surface area (Å²) < 4.78 is 12.1. The van der Waals surface area contributed by atoms with E-state index in [4.69, 9.17) is 14.5 Å². The van der Waals surface area contributed by atoms with Crippen LogP contribution < -0.4 is 14.8 Å². The molecule has 10 nitrogen and oxygen atoms in total. The molecule has 53 heavy (non-hydrogen) atoms. The molecule has 3 aliphatic carbocycles. The van der Waals surface area contributed by atoms with Crippen LogP contribution in [0.2, 0.25) is 0 Å². The number of nitrogens with zero attached hydrogens (tertiary/aromatic N) is 4. The van der Waals surface area contributed by atoms with Gasteiger partial charge in [0.25, 0.3) is 0 Å². The van der Waals surface area contributed by atoms with E-state index in [0.29, 0.717) is 49.5 Å². The first-order chi connectivity index (χ1) is 25.7. The van der Waals surface area contributed by atoms with Gasteiger partial charge in [-0.1, -0.05) is 75.5 Å². The predicted octanol–water partition coefficient (Wildman–Crippen LogP) is 8.65. The van der Waals surface area contributed by atoms with Crippen LogP contribution in [-0.4, -0.2) is 76.9 Å². The fraction of sp³-hybridized carbons (Fsp3) is 0.628. The zero-order valence-corrected chi connectivity index (χ0v) is 32.6. The number of rotatable bonds is 11. The summed E-state index contributed by atoms with van der Waals surface area (Å²) in [5.74, 6) is 1.38. The highest BCUT2D eigenvalue weighted by Crippen LogP contribution is 2.33. The molecule has 1 heterocycles. The molecule has 0 radical (unpaired) electrons. The van der Waals surface area contributed by atoms with E-state index in [1.54, 1.807) is 0 Å². The summed E-state index contributed by atoms with van der Waals surface area (Å²) >= 11 is 0. The Morgan fingerprint density at radius 2 is 1.40 bits per heavy atom. The number of fused-ring (bicyclic) bond motifs is 1. The van der Waals surface area contributed by atoms with Crippen molar-refractivity contribution in [2.75, 3.05) is 20.2 Å². The molecule has 2 aromatic rings. The van der Waals surface area contributed by atoms with Crippen LogP contribution in [0.3, 0.4) is 0 Å². The normalized spacial score (nSPS) is 18.5. The fourth-order valence-electron chi connectivity index (χ4n) is 8.99. The second-order valence-corrected chi connectivity index (χ2v) is 16.0. The molecule has 0 unspecified atom stereocenters. The van der Waals surface area contributed by atoms with Crippen molar-refractivity contribution in [1.29, 1.82) is 0 Å². The monoisotopic (exact) mass is 727 g/mol. The van der Waals surface area contributed by atoms with E-state index in [0.717, 1.165) is 92.1 Å². The third-order valence-electron chi connectivity index (χ3n) is 11.8. The Morgan fingerprint density at radius 3 is 2.00 bits per heavy atom. The fourth-order valence-corrected chi connectivity index (χ4v) is 8.99. The van der Waals surface area contributed by atoms with Gasteiger partial charge in [0, 0.05) is 43.7 Å². The molecular formula is C43H61N5O5. The molecule has 3 amide bonds. The highest BCUT2D eigenvalue weighted by Gasteiger charge is 2.35. The number of amides is 3. The Bertz CT molecular complexity index is 1580. The molecular weight excluding hydrogens is 667 g/mol.